The van der Waals surface area contributed by atoms with Gasteiger partial charge in [0.05, 0.1) is 4.90 Å². The molecule has 1 heterocycles. The predicted molar refractivity (Wildman–Crippen MR) is 86.2 cm³/mol. The standard InChI is InChI=1S/C16H24N2O3S/c1-13(19)17-10-15-4-3-9-18(12-15)11-14-5-7-16(8-6-14)22(2,20)21/h5-8,15H,3-4,9-12H2,1-2H3,(H,17,19). The number of rotatable bonds is 5. The van der Waals surface area contributed by atoms with E-state index >= 15 is 0 Å². The van der Waals surface area contributed by atoms with Gasteiger partial charge in [0.15, 0.2) is 9.84 Å². The Bertz CT molecular complexity index is 611. The number of nitrogens with zero attached hydrogens (tertiary/aromatic N) is 1. The summed E-state index contributed by atoms with van der Waals surface area (Å²) in [4.78, 5) is 13.7. The monoisotopic (exact) mass is 324 g/mol. The minimum absolute atomic E-state index is 0.0217. The molecule has 122 valence electrons. The molecule has 0 aliphatic carbocycles. The van der Waals surface area contributed by atoms with Crippen molar-refractivity contribution in [2.24, 2.45) is 5.92 Å². The second-order valence-electron chi connectivity index (χ2n) is 6.10. The van der Waals surface area contributed by atoms with Crippen LogP contribution in [0.15, 0.2) is 29.2 Å². The highest BCUT2D eigenvalue weighted by molar-refractivity contribution is 7.90. The third-order valence-corrected chi connectivity index (χ3v) is 5.13. The van der Waals surface area contributed by atoms with Crippen LogP contribution in [0.25, 0.3) is 0 Å². The Kier molecular flexibility index (Phi) is 5.58. The number of benzene rings is 1. The van der Waals surface area contributed by atoms with Gasteiger partial charge in [-0.05, 0) is 43.0 Å². The van der Waals surface area contributed by atoms with E-state index in [9.17, 15) is 13.2 Å². The first kappa shape index (κ1) is 17.0. The van der Waals surface area contributed by atoms with E-state index in [1.807, 2.05) is 12.1 Å². The average Bonchev–Trinajstić information content (AvgIpc) is 2.45. The molecular formula is C16H24N2O3S. The summed E-state index contributed by atoms with van der Waals surface area (Å²) in [7, 11) is -3.13. The molecule has 1 amide bonds. The molecule has 1 atom stereocenters. The van der Waals surface area contributed by atoms with Gasteiger partial charge in [0.1, 0.15) is 0 Å². The van der Waals surface area contributed by atoms with E-state index in [1.165, 1.54) is 6.26 Å². The number of carbonyl (C=O) groups excluding carboxylic acids is 1. The van der Waals surface area contributed by atoms with Crippen LogP contribution in [0.2, 0.25) is 0 Å². The minimum Gasteiger partial charge on any atom is -0.356 e. The molecule has 1 fully saturated rings. The third kappa shape index (κ3) is 5.10. The normalized spacial score (nSPS) is 19.8. The molecule has 1 aromatic carbocycles. The molecule has 5 nitrogen and oxygen atoms in total. The van der Waals surface area contributed by atoms with Crippen LogP contribution in [-0.2, 0) is 21.2 Å². The second kappa shape index (κ2) is 7.24. The number of sulfone groups is 1. The molecule has 1 aliphatic rings. The van der Waals surface area contributed by atoms with Gasteiger partial charge in [-0.2, -0.15) is 0 Å². The Morgan fingerprint density at radius 2 is 2.00 bits per heavy atom. The number of hydrogen-bond acceptors (Lipinski definition) is 4. The van der Waals surface area contributed by atoms with Crippen LogP contribution in [0.4, 0.5) is 0 Å². The first-order chi connectivity index (χ1) is 10.3. The molecule has 0 radical (unpaired) electrons. The molecule has 0 aromatic heterocycles. The van der Waals surface area contributed by atoms with Gasteiger partial charge >= 0.3 is 0 Å². The molecule has 0 saturated carbocycles. The van der Waals surface area contributed by atoms with E-state index in [-0.39, 0.29) is 5.91 Å². The van der Waals surface area contributed by atoms with Crippen LogP contribution in [-0.4, -0.2) is 45.1 Å². The minimum atomic E-state index is -3.13. The van der Waals surface area contributed by atoms with Crippen molar-refractivity contribution < 1.29 is 13.2 Å². The van der Waals surface area contributed by atoms with Crippen LogP contribution in [0, 0.1) is 5.92 Å². The van der Waals surface area contributed by atoms with Crippen LogP contribution in [0.5, 0.6) is 0 Å². The zero-order valence-electron chi connectivity index (χ0n) is 13.2. The third-order valence-electron chi connectivity index (χ3n) is 4.00. The lowest BCUT2D eigenvalue weighted by molar-refractivity contribution is -0.119. The average molecular weight is 324 g/mol. The highest BCUT2D eigenvalue weighted by atomic mass is 32.2. The summed E-state index contributed by atoms with van der Waals surface area (Å²) in [6, 6.07) is 7.11. The summed E-state index contributed by atoms with van der Waals surface area (Å²) in [5, 5.41) is 2.89. The van der Waals surface area contributed by atoms with Crippen molar-refractivity contribution in [3.8, 4) is 0 Å². The fourth-order valence-corrected chi connectivity index (χ4v) is 3.48. The zero-order valence-corrected chi connectivity index (χ0v) is 14.0. The highest BCUT2D eigenvalue weighted by Crippen LogP contribution is 2.19. The van der Waals surface area contributed by atoms with Gasteiger partial charge in [-0.15, -0.1) is 0 Å². The van der Waals surface area contributed by atoms with Crippen molar-refractivity contribution >= 4 is 15.7 Å². The molecule has 22 heavy (non-hydrogen) atoms. The first-order valence-electron chi connectivity index (χ1n) is 7.60. The number of likely N-dealkylation sites (tertiary alicyclic amines) is 1. The van der Waals surface area contributed by atoms with Crippen molar-refractivity contribution in [3.63, 3.8) is 0 Å². The smallest absolute Gasteiger partial charge is 0.216 e. The van der Waals surface area contributed by atoms with Crippen molar-refractivity contribution in [1.82, 2.24) is 10.2 Å². The summed E-state index contributed by atoms with van der Waals surface area (Å²) in [5.41, 5.74) is 1.12. The fourth-order valence-electron chi connectivity index (χ4n) is 2.85. The lowest BCUT2D eigenvalue weighted by atomic mass is 9.97. The Labute approximate surface area is 132 Å². The predicted octanol–water partition coefficient (Wildman–Crippen LogP) is 1.44. The summed E-state index contributed by atoms with van der Waals surface area (Å²) >= 11 is 0. The second-order valence-corrected chi connectivity index (χ2v) is 8.11. The van der Waals surface area contributed by atoms with Gasteiger partial charge in [0.25, 0.3) is 0 Å². The lowest BCUT2D eigenvalue weighted by Crippen LogP contribution is -2.40. The maximum absolute atomic E-state index is 11.5. The summed E-state index contributed by atoms with van der Waals surface area (Å²) in [6.45, 7) is 5.11. The molecule has 1 aromatic rings. The van der Waals surface area contributed by atoms with Crippen molar-refractivity contribution in [2.75, 3.05) is 25.9 Å². The Morgan fingerprint density at radius 3 is 2.59 bits per heavy atom. The zero-order chi connectivity index (χ0) is 16.2. The highest BCUT2D eigenvalue weighted by Gasteiger charge is 2.20. The van der Waals surface area contributed by atoms with Crippen LogP contribution in [0.3, 0.4) is 0 Å². The van der Waals surface area contributed by atoms with E-state index in [0.717, 1.165) is 44.6 Å². The lowest BCUT2D eigenvalue weighted by Gasteiger charge is -2.32. The van der Waals surface area contributed by atoms with Crippen molar-refractivity contribution in [1.29, 1.82) is 0 Å². The molecule has 1 N–H and O–H groups in total. The van der Waals surface area contributed by atoms with E-state index in [2.05, 4.69) is 10.2 Å². The van der Waals surface area contributed by atoms with E-state index < -0.39 is 9.84 Å². The number of amides is 1. The number of hydrogen-bond donors (Lipinski definition) is 1. The largest absolute Gasteiger partial charge is 0.356 e. The number of nitrogens with one attached hydrogen (secondary N) is 1. The first-order valence-corrected chi connectivity index (χ1v) is 9.49. The van der Waals surface area contributed by atoms with Gasteiger partial charge in [-0.3, -0.25) is 9.69 Å². The molecule has 1 saturated heterocycles. The van der Waals surface area contributed by atoms with Crippen molar-refractivity contribution in [3.05, 3.63) is 29.8 Å². The van der Waals surface area contributed by atoms with Gasteiger partial charge in [0, 0.05) is 32.8 Å². The maximum atomic E-state index is 11.5. The maximum Gasteiger partial charge on any atom is 0.216 e. The van der Waals surface area contributed by atoms with Crippen LogP contribution >= 0.6 is 0 Å². The molecule has 6 heteroatoms. The Morgan fingerprint density at radius 1 is 1.32 bits per heavy atom. The van der Waals surface area contributed by atoms with Gasteiger partial charge in [0.2, 0.25) is 5.91 Å². The SMILES string of the molecule is CC(=O)NCC1CCCN(Cc2ccc(S(C)(=O)=O)cc2)C1. The van der Waals surface area contributed by atoms with E-state index in [0.29, 0.717) is 10.8 Å². The van der Waals surface area contributed by atoms with Gasteiger partial charge in [-0.25, -0.2) is 8.42 Å². The summed E-state index contributed by atoms with van der Waals surface area (Å²) < 4.78 is 22.9. The molecule has 0 spiro atoms. The molecule has 0 bridgehead atoms. The molecular weight excluding hydrogens is 300 g/mol. The summed E-state index contributed by atoms with van der Waals surface area (Å²) in [5.74, 6) is 0.515. The van der Waals surface area contributed by atoms with Crippen LogP contribution < -0.4 is 5.32 Å². The topological polar surface area (TPSA) is 66.5 Å². The van der Waals surface area contributed by atoms with Crippen LogP contribution in [0.1, 0.15) is 25.3 Å². The molecule has 2 rings (SSSR count). The Hall–Kier alpha value is -1.40. The summed E-state index contributed by atoms with van der Waals surface area (Å²) in [6.07, 6.45) is 3.49. The molecule has 1 aliphatic heterocycles. The quantitative estimate of drug-likeness (QED) is 0.890. The van der Waals surface area contributed by atoms with E-state index in [1.54, 1.807) is 19.1 Å². The number of piperidine rings is 1. The van der Waals surface area contributed by atoms with Crippen molar-refractivity contribution in [2.45, 2.75) is 31.2 Å². The molecule has 1 unspecified atom stereocenters. The number of carbonyl (C=O) groups is 1. The Balaban J connectivity index is 1.91. The van der Waals surface area contributed by atoms with E-state index in [4.69, 9.17) is 0 Å². The fraction of sp³-hybridized carbons (Fsp3) is 0.562. The van der Waals surface area contributed by atoms with Gasteiger partial charge in [-0.1, -0.05) is 12.1 Å². The van der Waals surface area contributed by atoms with Gasteiger partial charge < -0.3 is 5.32 Å².